The van der Waals surface area contributed by atoms with E-state index in [0.29, 0.717) is 17.1 Å². The van der Waals surface area contributed by atoms with Gasteiger partial charge in [0, 0.05) is 0 Å². The molecule has 18 heavy (non-hydrogen) atoms. The van der Waals surface area contributed by atoms with Gasteiger partial charge in [-0.15, -0.1) is 0 Å². The molecule has 1 aromatic rings. The van der Waals surface area contributed by atoms with Gasteiger partial charge in [0.1, 0.15) is 4.92 Å². The molecule has 0 aliphatic carbocycles. The van der Waals surface area contributed by atoms with Crippen LogP contribution >= 0.6 is 0 Å². The van der Waals surface area contributed by atoms with Crippen LogP contribution in [0.5, 0.6) is 11.5 Å². The normalized spacial score (nSPS) is 21.9. The van der Waals surface area contributed by atoms with Crippen LogP contribution in [0.4, 0.5) is 0 Å². The van der Waals surface area contributed by atoms with Crippen LogP contribution < -0.4 is 9.47 Å². The molecule has 0 bridgehead atoms. The molecule has 1 atom stereocenters. The first-order valence-electron chi connectivity index (χ1n) is 5.36. The molecule has 1 radical (unpaired) electrons. The Morgan fingerprint density at radius 3 is 2.72 bits per heavy atom. The Morgan fingerprint density at radius 1 is 1.33 bits per heavy atom. The number of nitro groups is 1. The van der Waals surface area contributed by atoms with Gasteiger partial charge in [0.15, 0.2) is 11.5 Å². The molecule has 0 amide bonds. The summed E-state index contributed by atoms with van der Waals surface area (Å²) in [6.07, 6.45) is 6.18. The van der Waals surface area contributed by atoms with Gasteiger partial charge < -0.3 is 9.47 Å². The van der Waals surface area contributed by atoms with Crippen LogP contribution in [0.1, 0.15) is 12.5 Å². The average molecular weight is 246 g/mol. The summed E-state index contributed by atoms with van der Waals surface area (Å²) in [6, 6.07) is 4.91. The first kappa shape index (κ1) is 12.2. The number of hydrogen-bond donors (Lipinski definition) is 0. The number of rotatable bonds is 3. The minimum atomic E-state index is -1.99. The first-order valence-corrected chi connectivity index (χ1v) is 5.36. The Labute approximate surface area is 104 Å². The zero-order valence-electron chi connectivity index (χ0n) is 9.83. The summed E-state index contributed by atoms with van der Waals surface area (Å²) in [6.45, 7) is 5.54. The number of nitrogens with zero attached hydrogens (tertiary/aromatic N) is 1. The number of hydrogen-bond acceptors (Lipinski definition) is 4. The molecule has 0 aromatic heterocycles. The van der Waals surface area contributed by atoms with E-state index in [9.17, 15) is 10.1 Å². The predicted octanol–water partition coefficient (Wildman–Crippen LogP) is 2.70. The van der Waals surface area contributed by atoms with Crippen molar-refractivity contribution >= 4 is 0 Å². The summed E-state index contributed by atoms with van der Waals surface area (Å²) < 4.78 is 10.6. The SMILES string of the molecule is [CH2]c1ccc2c(c1)OC(/C=C/C=C/C)([N+](=O)[O-])O2. The van der Waals surface area contributed by atoms with Crippen LogP contribution in [0.2, 0.25) is 0 Å². The summed E-state index contributed by atoms with van der Waals surface area (Å²) in [4.78, 5) is 10.5. The maximum absolute atomic E-state index is 11.1. The fraction of sp³-hybridized carbons (Fsp3) is 0.154. The highest BCUT2D eigenvalue weighted by Gasteiger charge is 2.52. The molecule has 93 valence electrons. The lowest BCUT2D eigenvalue weighted by Crippen LogP contribution is -2.44. The largest absolute Gasteiger partial charge is 0.549 e. The highest BCUT2D eigenvalue weighted by Crippen LogP contribution is 2.40. The van der Waals surface area contributed by atoms with E-state index in [0.717, 1.165) is 0 Å². The molecule has 0 fully saturated rings. The van der Waals surface area contributed by atoms with Crippen LogP contribution in [-0.4, -0.2) is 10.8 Å². The summed E-state index contributed by atoms with van der Waals surface area (Å²) >= 11 is 0. The van der Waals surface area contributed by atoms with E-state index >= 15 is 0 Å². The Kier molecular flexibility index (Phi) is 3.06. The highest BCUT2D eigenvalue weighted by atomic mass is 16.8. The van der Waals surface area contributed by atoms with Gasteiger partial charge in [-0.2, -0.15) is 0 Å². The Morgan fingerprint density at radius 2 is 2.06 bits per heavy atom. The molecule has 1 aliphatic rings. The van der Waals surface area contributed by atoms with Gasteiger partial charge in [-0.3, -0.25) is 10.1 Å². The second kappa shape index (κ2) is 4.52. The van der Waals surface area contributed by atoms with Crippen molar-refractivity contribution < 1.29 is 14.4 Å². The lowest BCUT2D eigenvalue weighted by atomic mass is 10.2. The van der Waals surface area contributed by atoms with E-state index in [2.05, 4.69) is 6.92 Å². The quantitative estimate of drug-likeness (QED) is 0.467. The summed E-state index contributed by atoms with van der Waals surface area (Å²) in [5, 5.41) is 11.1. The van der Waals surface area contributed by atoms with Crippen molar-refractivity contribution in [3.63, 3.8) is 0 Å². The standard InChI is InChI=1S/C13H12NO4/c1-3-4-5-8-13(14(15)16)17-11-7-6-10(2)9-12(11)18-13/h3-9H,2H2,1H3/b4-3+,8-5+. The van der Waals surface area contributed by atoms with Crippen molar-refractivity contribution in [3.05, 3.63) is 65.1 Å². The fourth-order valence-corrected chi connectivity index (χ4v) is 1.54. The van der Waals surface area contributed by atoms with E-state index in [-0.39, 0.29) is 0 Å². The lowest BCUT2D eigenvalue weighted by molar-refractivity contribution is -0.640. The second-order valence-electron chi connectivity index (χ2n) is 3.76. The number of ether oxygens (including phenoxy) is 2. The lowest BCUT2D eigenvalue weighted by Gasteiger charge is -2.13. The third kappa shape index (κ3) is 2.07. The maximum atomic E-state index is 11.1. The van der Waals surface area contributed by atoms with Crippen LogP contribution in [-0.2, 0) is 0 Å². The molecule has 1 aliphatic heterocycles. The monoisotopic (exact) mass is 246 g/mol. The number of benzene rings is 1. The van der Waals surface area contributed by atoms with Gasteiger partial charge in [-0.1, -0.05) is 24.3 Å². The molecule has 0 N–H and O–H groups in total. The van der Waals surface area contributed by atoms with E-state index in [1.165, 1.54) is 12.2 Å². The minimum Gasteiger partial charge on any atom is -0.388 e. The van der Waals surface area contributed by atoms with Crippen molar-refractivity contribution in [2.75, 3.05) is 0 Å². The molecule has 0 spiro atoms. The van der Waals surface area contributed by atoms with Crippen molar-refractivity contribution in [1.82, 2.24) is 0 Å². The molecular weight excluding hydrogens is 234 g/mol. The van der Waals surface area contributed by atoms with Gasteiger partial charge >= 0.3 is 5.91 Å². The van der Waals surface area contributed by atoms with Crippen molar-refractivity contribution in [2.24, 2.45) is 0 Å². The molecule has 1 heterocycles. The number of fused-ring (bicyclic) bond motifs is 1. The van der Waals surface area contributed by atoms with Crippen LogP contribution in [0.15, 0.2) is 42.5 Å². The van der Waals surface area contributed by atoms with Crippen molar-refractivity contribution in [3.8, 4) is 11.5 Å². The van der Waals surface area contributed by atoms with Gasteiger partial charge in [0.2, 0.25) is 0 Å². The molecule has 1 aromatic carbocycles. The van der Waals surface area contributed by atoms with Crippen molar-refractivity contribution in [2.45, 2.75) is 12.8 Å². The number of allylic oxidation sites excluding steroid dienone is 3. The fourth-order valence-electron chi connectivity index (χ4n) is 1.54. The molecular formula is C13H12NO4. The molecule has 0 saturated heterocycles. The maximum Gasteiger partial charge on any atom is 0.549 e. The van der Waals surface area contributed by atoms with Crippen LogP contribution in [0, 0.1) is 17.0 Å². The van der Waals surface area contributed by atoms with E-state index in [1.54, 1.807) is 30.4 Å². The first-order chi connectivity index (χ1) is 8.57. The van der Waals surface area contributed by atoms with Gasteiger partial charge in [-0.05, 0) is 31.5 Å². The van der Waals surface area contributed by atoms with Crippen molar-refractivity contribution in [1.29, 1.82) is 0 Å². The van der Waals surface area contributed by atoms with E-state index < -0.39 is 10.8 Å². The van der Waals surface area contributed by atoms with Crippen LogP contribution in [0.3, 0.4) is 0 Å². The molecule has 1 unspecified atom stereocenters. The smallest absolute Gasteiger partial charge is 0.388 e. The molecule has 0 saturated carbocycles. The van der Waals surface area contributed by atoms with Gasteiger partial charge in [0.25, 0.3) is 0 Å². The summed E-state index contributed by atoms with van der Waals surface area (Å²) in [5.41, 5.74) is 0.703. The Balaban J connectivity index is 2.35. The van der Waals surface area contributed by atoms with E-state index in [4.69, 9.17) is 9.47 Å². The highest BCUT2D eigenvalue weighted by molar-refractivity contribution is 5.46. The summed E-state index contributed by atoms with van der Waals surface area (Å²) in [5.74, 6) is -1.33. The average Bonchev–Trinajstić information content (AvgIpc) is 2.68. The Hall–Kier alpha value is -2.30. The molecule has 2 rings (SSSR count). The minimum absolute atomic E-state index is 0.323. The summed E-state index contributed by atoms with van der Waals surface area (Å²) in [7, 11) is 0. The Bertz CT molecular complexity index is 536. The third-order valence-corrected chi connectivity index (χ3v) is 2.39. The topological polar surface area (TPSA) is 61.6 Å². The third-order valence-electron chi connectivity index (χ3n) is 2.39. The zero-order valence-corrected chi connectivity index (χ0v) is 9.83. The zero-order chi connectivity index (χ0) is 13.2. The van der Waals surface area contributed by atoms with E-state index in [1.807, 2.05) is 6.92 Å². The second-order valence-corrected chi connectivity index (χ2v) is 3.76. The van der Waals surface area contributed by atoms with Gasteiger partial charge in [-0.25, -0.2) is 0 Å². The molecule has 5 nitrogen and oxygen atoms in total. The van der Waals surface area contributed by atoms with Gasteiger partial charge in [0.05, 0.1) is 6.08 Å². The predicted molar refractivity (Wildman–Crippen MR) is 65.8 cm³/mol. The van der Waals surface area contributed by atoms with Crippen LogP contribution in [0.25, 0.3) is 0 Å². The molecule has 5 heteroatoms.